The van der Waals surface area contributed by atoms with Crippen LogP contribution in [-0.2, 0) is 11.3 Å². The fraction of sp³-hybridized carbons (Fsp3) is 0.148. The summed E-state index contributed by atoms with van der Waals surface area (Å²) in [5.41, 5.74) is 2.22. The third kappa shape index (κ3) is 5.59. The summed E-state index contributed by atoms with van der Waals surface area (Å²) in [5, 5.41) is 10.7. The van der Waals surface area contributed by atoms with Gasteiger partial charge < -0.3 is 24.0 Å². The number of carbonyl (C=O) groups is 1. The molecule has 1 N–H and O–H groups in total. The monoisotopic (exact) mass is 505 g/mol. The van der Waals surface area contributed by atoms with Gasteiger partial charge in [0.1, 0.15) is 24.7 Å². The average Bonchev–Trinajstić information content (AvgIpc) is 2.87. The highest BCUT2D eigenvalue weighted by atomic mass is 32.2. The van der Waals surface area contributed by atoms with Gasteiger partial charge in [-0.15, -0.1) is 0 Å². The van der Waals surface area contributed by atoms with Crippen LogP contribution in [0.5, 0.6) is 11.5 Å². The van der Waals surface area contributed by atoms with Crippen LogP contribution in [0.3, 0.4) is 0 Å². The Balaban J connectivity index is 1.45. The zero-order valence-corrected chi connectivity index (χ0v) is 20.6. The molecule has 0 aliphatic carbocycles. The van der Waals surface area contributed by atoms with E-state index in [9.17, 15) is 13.6 Å². The van der Waals surface area contributed by atoms with E-state index in [1.165, 1.54) is 16.4 Å². The molecule has 0 aliphatic heterocycles. The fourth-order valence-electron chi connectivity index (χ4n) is 3.84. The molecule has 0 fully saturated rings. The molecule has 0 spiro atoms. The van der Waals surface area contributed by atoms with E-state index in [1.54, 1.807) is 42.5 Å². The predicted octanol–water partition coefficient (Wildman–Crippen LogP) is 4.99. The lowest BCUT2D eigenvalue weighted by Crippen LogP contribution is -2.20. The van der Waals surface area contributed by atoms with Crippen molar-refractivity contribution in [3.63, 3.8) is 0 Å². The Morgan fingerprint density at radius 2 is 1.31 bits per heavy atom. The Labute approximate surface area is 211 Å². The maximum absolute atomic E-state index is 12.3. The molecule has 0 saturated heterocycles. The van der Waals surface area contributed by atoms with Crippen LogP contribution in [0, 0.1) is 0 Å². The molecular weight excluding hydrogens is 480 g/mol. The Morgan fingerprint density at radius 3 is 1.81 bits per heavy atom. The highest BCUT2D eigenvalue weighted by Crippen LogP contribution is 2.37. The number of hydrogen-bond donors (Lipinski definition) is 1. The highest BCUT2D eigenvalue weighted by molar-refractivity contribution is 7.81. The van der Waals surface area contributed by atoms with Gasteiger partial charge in [-0.25, -0.2) is 4.79 Å². The molecule has 4 aromatic carbocycles. The predicted molar refractivity (Wildman–Crippen MR) is 140 cm³/mol. The summed E-state index contributed by atoms with van der Waals surface area (Å²) in [5.74, 6) is 0.111. The van der Waals surface area contributed by atoms with Crippen molar-refractivity contribution in [1.82, 2.24) is 0 Å². The van der Waals surface area contributed by atoms with Gasteiger partial charge in [0.2, 0.25) is 0 Å². The topological polar surface area (TPSA) is 102 Å². The van der Waals surface area contributed by atoms with Crippen molar-refractivity contribution in [2.24, 2.45) is 0 Å². The first-order chi connectivity index (χ1) is 17.3. The largest absolute Gasteiger partial charge is 0.755 e. The summed E-state index contributed by atoms with van der Waals surface area (Å²) in [6.07, 6.45) is 0. The van der Waals surface area contributed by atoms with Gasteiger partial charge in [0, 0.05) is 30.6 Å². The smallest absolute Gasteiger partial charge is 0.335 e. The molecule has 1 unspecified atom stereocenters. The number of carboxylic acid groups (broad SMARTS) is 1. The standard InChI is InChI=1S/C27H26N2O6S/c1-28(2)25-7-3-6-24-23(25)5-4-8-26(24)29(36(32)33)20-11-15-22(16-12-20)35-18-17-34-21-13-9-19(10-14-21)27(30)31/h3-16H,17-18H2,1-2H3,(H,30,31)(H,32,33)/p-1. The van der Waals surface area contributed by atoms with E-state index >= 15 is 0 Å². The van der Waals surface area contributed by atoms with Gasteiger partial charge >= 0.3 is 5.97 Å². The number of rotatable bonds is 10. The van der Waals surface area contributed by atoms with Crippen LogP contribution in [0.1, 0.15) is 10.4 Å². The minimum atomic E-state index is -2.55. The van der Waals surface area contributed by atoms with Gasteiger partial charge in [0.15, 0.2) is 0 Å². The fourth-order valence-corrected chi connectivity index (χ4v) is 4.45. The molecule has 0 aromatic heterocycles. The van der Waals surface area contributed by atoms with Crippen LogP contribution < -0.4 is 18.7 Å². The summed E-state index contributed by atoms with van der Waals surface area (Å²) in [6.45, 7) is 0.517. The average molecular weight is 506 g/mol. The van der Waals surface area contributed by atoms with E-state index in [0.717, 1.165) is 16.5 Å². The van der Waals surface area contributed by atoms with Crippen LogP contribution in [0.2, 0.25) is 0 Å². The van der Waals surface area contributed by atoms with Crippen LogP contribution >= 0.6 is 0 Å². The molecule has 36 heavy (non-hydrogen) atoms. The number of carboxylic acids is 1. The minimum absolute atomic E-state index is 0.188. The van der Waals surface area contributed by atoms with Gasteiger partial charge in [-0.1, -0.05) is 24.3 Å². The van der Waals surface area contributed by atoms with E-state index < -0.39 is 17.2 Å². The Hall–Kier alpha value is -4.08. The Bertz CT molecular complexity index is 1370. The zero-order valence-electron chi connectivity index (χ0n) is 19.8. The quantitative estimate of drug-likeness (QED) is 0.239. The molecule has 0 radical (unpaired) electrons. The van der Waals surface area contributed by atoms with Gasteiger partial charge in [0.05, 0.1) is 28.2 Å². The zero-order chi connectivity index (χ0) is 25.7. The molecular formula is C27H25N2O6S-. The lowest BCUT2D eigenvalue weighted by Gasteiger charge is -2.28. The Morgan fingerprint density at radius 1 is 0.806 bits per heavy atom. The van der Waals surface area contributed by atoms with Crippen LogP contribution in [0.15, 0.2) is 84.9 Å². The first kappa shape index (κ1) is 25.0. The van der Waals surface area contributed by atoms with Gasteiger partial charge in [-0.05, 0) is 60.7 Å². The van der Waals surface area contributed by atoms with Gasteiger partial charge in [-0.2, -0.15) is 0 Å². The molecule has 0 saturated carbocycles. The van der Waals surface area contributed by atoms with Gasteiger partial charge in [0.25, 0.3) is 0 Å². The second-order valence-electron chi connectivity index (χ2n) is 8.08. The van der Waals surface area contributed by atoms with Crippen molar-refractivity contribution in [1.29, 1.82) is 0 Å². The molecule has 0 amide bonds. The van der Waals surface area contributed by atoms with E-state index in [1.807, 2.05) is 49.3 Å². The maximum Gasteiger partial charge on any atom is 0.335 e. The number of fused-ring (bicyclic) bond motifs is 1. The molecule has 186 valence electrons. The molecule has 0 heterocycles. The van der Waals surface area contributed by atoms with Crippen LogP contribution in [0.25, 0.3) is 10.8 Å². The van der Waals surface area contributed by atoms with Crippen molar-refractivity contribution in [3.05, 3.63) is 90.5 Å². The van der Waals surface area contributed by atoms with Crippen molar-refractivity contribution < 1.29 is 28.1 Å². The minimum Gasteiger partial charge on any atom is -0.755 e. The summed E-state index contributed by atoms with van der Waals surface area (Å²) < 4.78 is 37.1. The molecule has 1 atom stereocenters. The first-order valence-corrected chi connectivity index (χ1v) is 12.2. The maximum atomic E-state index is 12.3. The molecule has 4 rings (SSSR count). The lowest BCUT2D eigenvalue weighted by atomic mass is 10.1. The molecule has 0 aliphatic rings. The second kappa shape index (κ2) is 11.1. The number of benzene rings is 4. The normalized spacial score (nSPS) is 11.6. The number of nitrogens with zero attached hydrogens (tertiary/aromatic N) is 2. The highest BCUT2D eigenvalue weighted by Gasteiger charge is 2.15. The molecule has 4 aromatic rings. The van der Waals surface area contributed by atoms with Crippen LogP contribution in [-0.4, -0.2) is 47.1 Å². The number of aromatic carboxylic acids is 1. The second-order valence-corrected chi connectivity index (χ2v) is 8.88. The number of ether oxygens (including phenoxy) is 2. The summed E-state index contributed by atoms with van der Waals surface area (Å²) >= 11 is -2.55. The molecule has 8 nitrogen and oxygen atoms in total. The SMILES string of the molecule is CN(C)c1cccc2c(N(c3ccc(OCCOc4ccc(C(=O)O)cc4)cc3)S(=O)[O-])cccc12. The van der Waals surface area contributed by atoms with E-state index in [4.69, 9.17) is 14.6 Å². The van der Waals surface area contributed by atoms with E-state index in [-0.39, 0.29) is 18.8 Å². The first-order valence-electron chi connectivity index (χ1n) is 11.1. The molecule has 9 heteroatoms. The van der Waals surface area contributed by atoms with Crippen molar-refractivity contribution in [2.75, 3.05) is 36.5 Å². The third-order valence-electron chi connectivity index (χ3n) is 5.52. The Kier molecular flexibility index (Phi) is 7.72. The van der Waals surface area contributed by atoms with E-state index in [0.29, 0.717) is 22.9 Å². The number of hydrogen-bond acceptors (Lipinski definition) is 6. The van der Waals surface area contributed by atoms with Crippen LogP contribution in [0.4, 0.5) is 17.1 Å². The van der Waals surface area contributed by atoms with Gasteiger partial charge in [-0.3, -0.25) is 8.51 Å². The third-order valence-corrected chi connectivity index (χ3v) is 6.22. The molecule has 0 bridgehead atoms. The summed E-state index contributed by atoms with van der Waals surface area (Å²) in [4.78, 5) is 12.9. The van der Waals surface area contributed by atoms with E-state index in [2.05, 4.69) is 0 Å². The van der Waals surface area contributed by atoms with Crippen molar-refractivity contribution >= 4 is 45.1 Å². The summed E-state index contributed by atoms with van der Waals surface area (Å²) in [7, 11) is 3.90. The van der Waals surface area contributed by atoms with Crippen molar-refractivity contribution in [3.8, 4) is 11.5 Å². The van der Waals surface area contributed by atoms with Crippen molar-refractivity contribution in [2.45, 2.75) is 0 Å². The lowest BCUT2D eigenvalue weighted by molar-refractivity contribution is 0.0696. The number of anilines is 3. The summed E-state index contributed by atoms with van der Waals surface area (Å²) in [6, 6.07) is 24.3.